The molecular formula is C22H20N4O5S2. The van der Waals surface area contributed by atoms with Gasteiger partial charge in [0.15, 0.2) is 0 Å². The van der Waals surface area contributed by atoms with Crippen LogP contribution in [0.5, 0.6) is 0 Å². The summed E-state index contributed by atoms with van der Waals surface area (Å²) < 4.78 is 0.428. The summed E-state index contributed by atoms with van der Waals surface area (Å²) in [6.45, 7) is 2.25. The van der Waals surface area contributed by atoms with Gasteiger partial charge in [-0.2, -0.15) is 0 Å². The largest absolute Gasteiger partial charge is 0.293 e. The molecule has 1 heterocycles. The van der Waals surface area contributed by atoms with Gasteiger partial charge >= 0.3 is 0 Å². The predicted octanol–water partition coefficient (Wildman–Crippen LogP) is 3.35. The van der Waals surface area contributed by atoms with Gasteiger partial charge in [0.25, 0.3) is 17.5 Å². The zero-order chi connectivity index (χ0) is 24.0. The molecule has 1 saturated heterocycles. The van der Waals surface area contributed by atoms with E-state index in [1.165, 1.54) is 34.9 Å². The third-order valence-corrected chi connectivity index (χ3v) is 6.05. The molecule has 2 N–H and O–H groups in total. The van der Waals surface area contributed by atoms with Crippen LogP contribution < -0.4 is 10.9 Å². The molecule has 0 aromatic heterocycles. The molecule has 33 heavy (non-hydrogen) atoms. The lowest BCUT2D eigenvalue weighted by Crippen LogP contribution is -2.41. The molecule has 0 spiro atoms. The fraction of sp³-hybridized carbons (Fsp3) is 0.182. The molecule has 1 aliphatic rings. The number of aryl methyl sites for hydroxylation is 1. The van der Waals surface area contributed by atoms with Crippen molar-refractivity contribution in [2.75, 3.05) is 6.54 Å². The van der Waals surface area contributed by atoms with Crippen molar-refractivity contribution in [1.82, 2.24) is 15.8 Å². The minimum absolute atomic E-state index is 0.0439. The Bertz CT molecular complexity index is 1150. The summed E-state index contributed by atoms with van der Waals surface area (Å²) in [6, 6.07) is 12.9. The van der Waals surface area contributed by atoms with Crippen LogP contribution in [0.2, 0.25) is 0 Å². The number of carbonyl (C=O) groups excluding carboxylic acids is 3. The zero-order valence-electron chi connectivity index (χ0n) is 17.6. The molecule has 3 amide bonds. The van der Waals surface area contributed by atoms with Crippen molar-refractivity contribution < 1.29 is 19.3 Å². The first-order valence-electron chi connectivity index (χ1n) is 9.90. The highest BCUT2D eigenvalue weighted by molar-refractivity contribution is 8.26. The van der Waals surface area contributed by atoms with E-state index in [0.29, 0.717) is 15.6 Å². The number of hydrazine groups is 1. The van der Waals surface area contributed by atoms with Gasteiger partial charge < -0.3 is 0 Å². The van der Waals surface area contributed by atoms with Gasteiger partial charge in [-0.3, -0.25) is 40.2 Å². The van der Waals surface area contributed by atoms with Crippen LogP contribution >= 0.6 is 24.0 Å². The molecule has 3 rings (SSSR count). The summed E-state index contributed by atoms with van der Waals surface area (Å²) >= 11 is 6.52. The number of nitrogens with zero attached hydrogens (tertiary/aromatic N) is 2. The fourth-order valence-electron chi connectivity index (χ4n) is 2.93. The predicted molar refractivity (Wildman–Crippen MR) is 129 cm³/mol. The molecule has 0 bridgehead atoms. The molecule has 11 heteroatoms. The second kappa shape index (κ2) is 10.8. The second-order valence-electron chi connectivity index (χ2n) is 7.16. The number of non-ortho nitro benzene ring substituents is 1. The molecule has 0 aliphatic carbocycles. The van der Waals surface area contributed by atoms with Crippen molar-refractivity contribution in [1.29, 1.82) is 0 Å². The average Bonchev–Trinajstić information content (AvgIpc) is 3.06. The molecule has 2 aromatic rings. The van der Waals surface area contributed by atoms with Gasteiger partial charge in [-0.05, 0) is 31.1 Å². The second-order valence-corrected chi connectivity index (χ2v) is 8.83. The number of hydrogen-bond acceptors (Lipinski definition) is 7. The molecule has 9 nitrogen and oxygen atoms in total. The Morgan fingerprint density at radius 3 is 2.61 bits per heavy atom. The van der Waals surface area contributed by atoms with Gasteiger partial charge in [-0.1, -0.05) is 59.9 Å². The number of rotatable bonds is 7. The first-order chi connectivity index (χ1) is 15.7. The van der Waals surface area contributed by atoms with Crippen LogP contribution in [-0.2, 0) is 9.59 Å². The van der Waals surface area contributed by atoms with E-state index < -0.39 is 16.7 Å². The van der Waals surface area contributed by atoms with E-state index in [9.17, 15) is 24.5 Å². The molecule has 1 aliphatic heterocycles. The molecule has 170 valence electrons. The number of nitrogens with one attached hydrogen (secondary N) is 2. The molecule has 2 aromatic carbocycles. The number of amides is 3. The van der Waals surface area contributed by atoms with Gasteiger partial charge in [0.05, 0.1) is 9.83 Å². The molecule has 1 fully saturated rings. The molecule has 0 radical (unpaired) electrons. The topological polar surface area (TPSA) is 122 Å². The van der Waals surface area contributed by atoms with Crippen LogP contribution in [0.15, 0.2) is 53.4 Å². The van der Waals surface area contributed by atoms with Gasteiger partial charge in [-0.15, -0.1) is 0 Å². The van der Waals surface area contributed by atoms with Crippen molar-refractivity contribution in [2.45, 2.75) is 19.8 Å². The maximum Gasteiger partial charge on any atom is 0.270 e. The van der Waals surface area contributed by atoms with Gasteiger partial charge in [0.2, 0.25) is 5.91 Å². The maximum atomic E-state index is 12.7. The Hall–Kier alpha value is -3.57. The summed E-state index contributed by atoms with van der Waals surface area (Å²) in [7, 11) is 0. The van der Waals surface area contributed by atoms with Crippen LogP contribution in [0.1, 0.15) is 34.3 Å². The number of benzene rings is 2. The highest BCUT2D eigenvalue weighted by atomic mass is 32.2. The maximum absolute atomic E-state index is 12.7. The average molecular weight is 485 g/mol. The summed E-state index contributed by atoms with van der Waals surface area (Å²) in [6.07, 6.45) is 2.17. The highest BCUT2D eigenvalue weighted by Crippen LogP contribution is 2.32. The fourth-order valence-corrected chi connectivity index (χ4v) is 4.23. The van der Waals surface area contributed by atoms with E-state index in [1.807, 2.05) is 31.2 Å². The van der Waals surface area contributed by atoms with Gasteiger partial charge in [-0.25, -0.2) is 0 Å². The Labute approximate surface area is 199 Å². The van der Waals surface area contributed by atoms with E-state index in [-0.39, 0.29) is 30.1 Å². The van der Waals surface area contributed by atoms with Crippen molar-refractivity contribution >= 4 is 57.8 Å². The number of hydrogen-bond donors (Lipinski definition) is 2. The first-order valence-corrected chi connectivity index (χ1v) is 11.1. The molecular weight excluding hydrogens is 464 g/mol. The van der Waals surface area contributed by atoms with E-state index in [4.69, 9.17) is 12.2 Å². The van der Waals surface area contributed by atoms with Crippen LogP contribution in [0.3, 0.4) is 0 Å². The number of thioether (sulfide) groups is 1. The Balaban J connectivity index is 1.46. The van der Waals surface area contributed by atoms with Crippen LogP contribution in [0, 0.1) is 17.0 Å². The van der Waals surface area contributed by atoms with Crippen molar-refractivity contribution in [3.8, 4) is 0 Å². The molecule has 0 saturated carbocycles. The van der Waals surface area contributed by atoms with E-state index in [1.54, 1.807) is 6.08 Å². The summed E-state index contributed by atoms with van der Waals surface area (Å²) in [5.74, 6) is -1.34. The summed E-state index contributed by atoms with van der Waals surface area (Å²) in [5.41, 5.74) is 6.32. The minimum Gasteiger partial charge on any atom is -0.293 e. The lowest BCUT2D eigenvalue weighted by atomic mass is 10.1. The summed E-state index contributed by atoms with van der Waals surface area (Å²) in [5, 5.41) is 10.8. The Morgan fingerprint density at radius 1 is 1.18 bits per heavy atom. The normalized spacial score (nSPS) is 14.5. The SMILES string of the molecule is Cc1ccc(C=C2SC(=S)N(CCCC(=O)NNC(=O)c3cccc([N+](=O)[O-])c3)C2=O)cc1. The number of carbonyl (C=O) groups is 3. The van der Waals surface area contributed by atoms with E-state index in [0.717, 1.165) is 17.2 Å². The van der Waals surface area contributed by atoms with Crippen molar-refractivity contribution in [3.63, 3.8) is 0 Å². The molecule has 0 unspecified atom stereocenters. The third kappa shape index (κ3) is 6.46. The lowest BCUT2D eigenvalue weighted by molar-refractivity contribution is -0.384. The Morgan fingerprint density at radius 2 is 1.91 bits per heavy atom. The van der Waals surface area contributed by atoms with Crippen molar-refractivity contribution in [3.05, 3.63) is 80.2 Å². The molecule has 0 atom stereocenters. The van der Waals surface area contributed by atoms with Crippen LogP contribution in [0.4, 0.5) is 5.69 Å². The minimum atomic E-state index is -0.676. The monoisotopic (exact) mass is 484 g/mol. The van der Waals surface area contributed by atoms with Gasteiger partial charge in [0, 0.05) is 30.7 Å². The van der Waals surface area contributed by atoms with E-state index in [2.05, 4.69) is 10.9 Å². The quantitative estimate of drug-likeness (QED) is 0.267. The third-order valence-electron chi connectivity index (χ3n) is 4.67. The van der Waals surface area contributed by atoms with Crippen LogP contribution in [0.25, 0.3) is 6.08 Å². The summed E-state index contributed by atoms with van der Waals surface area (Å²) in [4.78, 5) is 48.9. The highest BCUT2D eigenvalue weighted by Gasteiger charge is 2.31. The number of nitro benzene ring substituents is 1. The van der Waals surface area contributed by atoms with Gasteiger partial charge in [0.1, 0.15) is 4.32 Å². The Kier molecular flexibility index (Phi) is 7.91. The van der Waals surface area contributed by atoms with E-state index >= 15 is 0 Å². The smallest absolute Gasteiger partial charge is 0.270 e. The number of nitro groups is 1. The van der Waals surface area contributed by atoms with Crippen molar-refractivity contribution in [2.24, 2.45) is 0 Å². The first kappa shape index (κ1) is 24.1. The zero-order valence-corrected chi connectivity index (χ0v) is 19.2. The van der Waals surface area contributed by atoms with Crippen LogP contribution in [-0.4, -0.2) is 38.4 Å². The standard InChI is InChI=1S/C22H20N4O5S2/c1-14-7-9-15(10-8-14)12-18-21(29)25(22(32)33-18)11-3-6-19(27)23-24-20(28)16-4-2-5-17(13-16)26(30)31/h2,4-5,7-10,12-13H,3,6,11H2,1H3,(H,23,27)(H,24,28). The number of thiocarbonyl (C=S) groups is 1. The lowest BCUT2D eigenvalue weighted by Gasteiger charge is -2.14.